The molecule has 3 aromatic rings. The zero-order valence-electron chi connectivity index (χ0n) is 25.8. The topological polar surface area (TPSA) is 142 Å². The molecule has 5 amide bonds. The lowest BCUT2D eigenvalue weighted by molar-refractivity contribution is -0.137. The molecule has 2 heterocycles. The van der Waals surface area contributed by atoms with Gasteiger partial charge in [0.25, 0.3) is 5.91 Å². The fraction of sp³-hybridized carbons (Fsp3) is 0.344. The third-order valence-electron chi connectivity index (χ3n) is 7.82. The van der Waals surface area contributed by atoms with Crippen LogP contribution in [0.2, 0.25) is 0 Å². The van der Waals surface area contributed by atoms with Crippen molar-refractivity contribution in [1.82, 2.24) is 9.80 Å². The van der Waals surface area contributed by atoms with E-state index in [0.29, 0.717) is 22.9 Å². The maximum absolute atomic E-state index is 13.7. The number of benzene rings is 3. The van der Waals surface area contributed by atoms with Gasteiger partial charge in [0.1, 0.15) is 11.9 Å². The molecular formula is C32H34F3N5O7. The molecule has 0 saturated carbocycles. The van der Waals surface area contributed by atoms with E-state index in [0.717, 1.165) is 12.1 Å². The van der Waals surface area contributed by atoms with E-state index in [1.165, 1.54) is 35.0 Å². The lowest BCUT2D eigenvalue weighted by Gasteiger charge is -2.38. The first-order chi connectivity index (χ1) is 22.3. The molecule has 47 heavy (non-hydrogen) atoms. The van der Waals surface area contributed by atoms with E-state index in [1.54, 1.807) is 37.3 Å². The summed E-state index contributed by atoms with van der Waals surface area (Å²) in [7, 11) is 1.51. The lowest BCUT2D eigenvalue weighted by atomic mass is 9.99. The SMILES string of the molecule is C[C@@H]1CN([C@@H](C)CO)C(=O)c2cc(NC(=O)Nc3ccc4c(c3)OCO4)ccc2O[C@H]1CN(C)C(=O)Nc1ccc(C(F)(F)F)cc1. The number of hydrogen-bond acceptors (Lipinski definition) is 7. The van der Waals surface area contributed by atoms with Gasteiger partial charge in [-0.2, -0.15) is 13.2 Å². The van der Waals surface area contributed by atoms with Crippen LogP contribution in [-0.4, -0.2) is 78.6 Å². The Morgan fingerprint density at radius 2 is 1.57 bits per heavy atom. The number of anilines is 3. The number of hydrogen-bond donors (Lipinski definition) is 4. The fourth-order valence-electron chi connectivity index (χ4n) is 5.10. The van der Waals surface area contributed by atoms with Gasteiger partial charge in [0.05, 0.1) is 30.3 Å². The van der Waals surface area contributed by atoms with Crippen molar-refractivity contribution < 1.29 is 46.9 Å². The van der Waals surface area contributed by atoms with Crippen LogP contribution in [0.15, 0.2) is 60.7 Å². The van der Waals surface area contributed by atoms with Crippen LogP contribution in [-0.2, 0) is 6.18 Å². The second-order valence-electron chi connectivity index (χ2n) is 11.4. The van der Waals surface area contributed by atoms with Gasteiger partial charge in [-0.05, 0) is 61.5 Å². The number of aliphatic hydroxyl groups is 1. The summed E-state index contributed by atoms with van der Waals surface area (Å²) in [4.78, 5) is 42.3. The number of carbonyl (C=O) groups excluding carboxylic acids is 3. The number of alkyl halides is 3. The molecule has 2 aliphatic heterocycles. The van der Waals surface area contributed by atoms with Crippen LogP contribution in [0.4, 0.5) is 39.8 Å². The van der Waals surface area contributed by atoms with E-state index in [1.807, 2.05) is 6.92 Å². The Morgan fingerprint density at radius 3 is 2.23 bits per heavy atom. The Balaban J connectivity index is 1.31. The minimum Gasteiger partial charge on any atom is -0.487 e. The maximum atomic E-state index is 13.7. The first kappa shape index (κ1) is 33.2. The van der Waals surface area contributed by atoms with E-state index in [-0.39, 0.29) is 49.4 Å². The number of urea groups is 2. The molecular weight excluding hydrogens is 623 g/mol. The summed E-state index contributed by atoms with van der Waals surface area (Å²) in [5, 5.41) is 17.9. The van der Waals surface area contributed by atoms with Crippen LogP contribution in [0.1, 0.15) is 29.8 Å². The van der Waals surface area contributed by atoms with Gasteiger partial charge >= 0.3 is 18.2 Å². The number of fused-ring (bicyclic) bond motifs is 2. The summed E-state index contributed by atoms with van der Waals surface area (Å²) in [5.74, 6) is 0.542. The molecule has 250 valence electrons. The fourth-order valence-corrected chi connectivity index (χ4v) is 5.10. The van der Waals surface area contributed by atoms with Gasteiger partial charge in [-0.3, -0.25) is 4.79 Å². The third-order valence-corrected chi connectivity index (χ3v) is 7.82. The summed E-state index contributed by atoms with van der Waals surface area (Å²) in [6, 6.07) is 11.9. The molecule has 5 rings (SSSR count). The van der Waals surface area contributed by atoms with Crippen molar-refractivity contribution in [3.8, 4) is 17.2 Å². The number of nitrogens with zero attached hydrogens (tertiary/aromatic N) is 2. The maximum Gasteiger partial charge on any atom is 0.416 e. The molecule has 0 radical (unpaired) electrons. The minimum absolute atomic E-state index is 0.0561. The molecule has 0 aromatic heterocycles. The van der Waals surface area contributed by atoms with E-state index >= 15 is 0 Å². The highest BCUT2D eigenvalue weighted by atomic mass is 19.4. The number of aliphatic hydroxyl groups excluding tert-OH is 1. The molecule has 4 N–H and O–H groups in total. The molecule has 0 unspecified atom stereocenters. The molecule has 0 aliphatic carbocycles. The van der Waals surface area contributed by atoms with Crippen molar-refractivity contribution in [2.45, 2.75) is 32.2 Å². The Bertz CT molecular complexity index is 1640. The summed E-state index contributed by atoms with van der Waals surface area (Å²) >= 11 is 0. The van der Waals surface area contributed by atoms with E-state index in [9.17, 15) is 32.7 Å². The van der Waals surface area contributed by atoms with Crippen molar-refractivity contribution in [2.24, 2.45) is 5.92 Å². The Labute approximate surface area is 268 Å². The highest BCUT2D eigenvalue weighted by Crippen LogP contribution is 2.35. The average Bonchev–Trinajstić information content (AvgIpc) is 3.50. The van der Waals surface area contributed by atoms with Crippen LogP contribution in [0.3, 0.4) is 0 Å². The molecule has 15 heteroatoms. The Hall–Kier alpha value is -5.18. The zero-order valence-corrected chi connectivity index (χ0v) is 25.8. The molecule has 0 bridgehead atoms. The van der Waals surface area contributed by atoms with Gasteiger partial charge in [0, 0.05) is 42.6 Å². The molecule has 3 aromatic carbocycles. The Morgan fingerprint density at radius 1 is 0.957 bits per heavy atom. The number of rotatable bonds is 7. The first-order valence-corrected chi connectivity index (χ1v) is 14.7. The van der Waals surface area contributed by atoms with Gasteiger partial charge in [0.15, 0.2) is 11.5 Å². The second kappa shape index (κ2) is 13.7. The summed E-state index contributed by atoms with van der Waals surface area (Å²) < 4.78 is 55.7. The van der Waals surface area contributed by atoms with E-state index in [4.69, 9.17) is 14.2 Å². The summed E-state index contributed by atoms with van der Waals surface area (Å²) in [6.45, 7) is 3.57. The molecule has 3 atom stereocenters. The number of likely N-dealkylation sites (N-methyl/N-ethyl adjacent to an activating group) is 1. The number of ether oxygens (including phenoxy) is 3. The van der Waals surface area contributed by atoms with Crippen LogP contribution in [0.5, 0.6) is 17.2 Å². The van der Waals surface area contributed by atoms with Crippen LogP contribution >= 0.6 is 0 Å². The van der Waals surface area contributed by atoms with Crippen molar-refractivity contribution in [3.63, 3.8) is 0 Å². The largest absolute Gasteiger partial charge is 0.487 e. The van der Waals surface area contributed by atoms with E-state index < -0.39 is 41.9 Å². The minimum atomic E-state index is -4.50. The predicted octanol–water partition coefficient (Wildman–Crippen LogP) is 5.46. The second-order valence-corrected chi connectivity index (χ2v) is 11.4. The number of nitrogens with one attached hydrogen (secondary N) is 3. The molecule has 0 saturated heterocycles. The predicted molar refractivity (Wildman–Crippen MR) is 166 cm³/mol. The van der Waals surface area contributed by atoms with Gasteiger partial charge in [-0.1, -0.05) is 6.92 Å². The summed E-state index contributed by atoms with van der Waals surface area (Å²) in [6.07, 6.45) is -5.13. The third kappa shape index (κ3) is 7.80. The molecule has 2 aliphatic rings. The van der Waals surface area contributed by atoms with Gasteiger partial charge in [-0.25, -0.2) is 9.59 Å². The van der Waals surface area contributed by atoms with Crippen LogP contribution in [0, 0.1) is 5.92 Å². The van der Waals surface area contributed by atoms with Crippen LogP contribution < -0.4 is 30.2 Å². The molecule has 12 nitrogen and oxygen atoms in total. The highest BCUT2D eigenvalue weighted by molar-refractivity contribution is 6.02. The van der Waals surface area contributed by atoms with Crippen molar-refractivity contribution in [1.29, 1.82) is 0 Å². The number of amides is 5. The standard InChI is InChI=1S/C32H34F3N5O7/c1-18-14-40(19(2)16-41)29(42)24-12-22(36-30(43)37-23-9-11-26-27(13-23)46-17-45-26)8-10-25(24)47-28(18)15-39(3)31(44)38-21-6-4-20(5-7-21)32(33,34)35/h4-13,18-19,28,41H,14-17H2,1-3H3,(H,38,44)(H2,36,37,43)/t18-,19+,28+/m1/s1. The quantitative estimate of drug-likeness (QED) is 0.264. The Kier molecular flexibility index (Phi) is 9.65. The normalized spacial score (nSPS) is 17.9. The monoisotopic (exact) mass is 657 g/mol. The van der Waals surface area contributed by atoms with Crippen molar-refractivity contribution >= 4 is 35.0 Å². The smallest absolute Gasteiger partial charge is 0.416 e. The summed E-state index contributed by atoms with van der Waals surface area (Å²) in [5.41, 5.74) is 0.250. The van der Waals surface area contributed by atoms with Gasteiger partial charge in [0.2, 0.25) is 6.79 Å². The zero-order chi connectivity index (χ0) is 33.9. The molecule has 0 spiro atoms. The number of carbonyl (C=O) groups is 3. The van der Waals surface area contributed by atoms with Crippen molar-refractivity contribution in [3.05, 3.63) is 71.8 Å². The van der Waals surface area contributed by atoms with Crippen molar-refractivity contribution in [2.75, 3.05) is 49.5 Å². The number of halogens is 3. The van der Waals surface area contributed by atoms with Gasteiger partial charge < -0.3 is 45.1 Å². The average molecular weight is 658 g/mol. The van der Waals surface area contributed by atoms with E-state index in [2.05, 4.69) is 16.0 Å². The van der Waals surface area contributed by atoms with Gasteiger partial charge in [-0.15, -0.1) is 0 Å². The molecule has 0 fully saturated rings. The first-order valence-electron chi connectivity index (χ1n) is 14.7. The lowest BCUT2D eigenvalue weighted by Crippen LogP contribution is -2.50. The highest BCUT2D eigenvalue weighted by Gasteiger charge is 2.34. The van der Waals surface area contributed by atoms with Crippen LogP contribution in [0.25, 0.3) is 0 Å².